The number of benzene rings is 1. The molecule has 20 heavy (non-hydrogen) atoms. The normalized spacial score (nSPS) is 14.7. The van der Waals surface area contributed by atoms with Crippen LogP contribution in [0.3, 0.4) is 0 Å². The molecule has 0 radical (unpaired) electrons. The van der Waals surface area contributed by atoms with Gasteiger partial charge in [0.2, 0.25) is 0 Å². The summed E-state index contributed by atoms with van der Waals surface area (Å²) in [6, 6.07) is 1.98. The van der Waals surface area contributed by atoms with Crippen LogP contribution in [-0.2, 0) is 15.3 Å². The Morgan fingerprint density at radius 1 is 1.40 bits per heavy atom. The standard InChI is InChI=1S/C9H9F3NO5PS/c1-17-19(16,20-2)18-6-3-4-8(13(14)15)7(5-6)9(10,11)12/h3-5H,1-2H3. The zero-order valence-electron chi connectivity index (χ0n) is 10.2. The van der Waals surface area contributed by atoms with Crippen LogP contribution < -0.4 is 4.52 Å². The summed E-state index contributed by atoms with van der Waals surface area (Å²) in [7, 11) is 1.08. The summed E-state index contributed by atoms with van der Waals surface area (Å²) in [6.07, 6.45) is -3.54. The van der Waals surface area contributed by atoms with E-state index in [1.165, 1.54) is 6.26 Å². The number of hydrogen-bond acceptors (Lipinski definition) is 6. The van der Waals surface area contributed by atoms with Crippen LogP contribution in [0, 0.1) is 10.1 Å². The van der Waals surface area contributed by atoms with Crippen molar-refractivity contribution in [2.45, 2.75) is 6.18 Å². The molecule has 1 rings (SSSR count). The summed E-state index contributed by atoms with van der Waals surface area (Å²) in [5.74, 6) is -0.428. The molecular formula is C9H9F3NO5PS. The topological polar surface area (TPSA) is 78.7 Å². The van der Waals surface area contributed by atoms with Gasteiger partial charge in [-0.25, -0.2) is 4.57 Å². The maximum absolute atomic E-state index is 12.7. The molecule has 1 unspecified atom stereocenters. The molecule has 112 valence electrons. The van der Waals surface area contributed by atoms with Gasteiger partial charge in [0.05, 0.1) is 4.92 Å². The fourth-order valence-corrected chi connectivity index (χ4v) is 2.84. The fraction of sp³-hybridized carbons (Fsp3) is 0.333. The summed E-state index contributed by atoms with van der Waals surface area (Å²) in [5.41, 5.74) is -2.59. The smallest absolute Gasteiger partial charge is 0.417 e. The first-order valence-electron chi connectivity index (χ1n) is 4.89. The Bertz CT molecular complexity index is 557. The van der Waals surface area contributed by atoms with Gasteiger partial charge in [0.1, 0.15) is 11.3 Å². The van der Waals surface area contributed by atoms with Gasteiger partial charge < -0.3 is 4.52 Å². The number of halogens is 3. The Morgan fingerprint density at radius 2 is 2.00 bits per heavy atom. The van der Waals surface area contributed by atoms with Crippen molar-refractivity contribution in [3.05, 3.63) is 33.9 Å². The molecule has 1 aromatic rings. The molecule has 1 atom stereocenters. The monoisotopic (exact) mass is 331 g/mol. The molecule has 11 heteroatoms. The average molecular weight is 331 g/mol. The number of rotatable bonds is 5. The first kappa shape index (κ1) is 16.8. The second kappa shape index (κ2) is 6.02. The minimum atomic E-state index is -4.93. The molecule has 0 bridgehead atoms. The van der Waals surface area contributed by atoms with Gasteiger partial charge in [0, 0.05) is 13.2 Å². The van der Waals surface area contributed by atoms with Crippen molar-refractivity contribution in [3.8, 4) is 5.75 Å². The Hall–Kier alpha value is -1.25. The molecule has 0 N–H and O–H groups in total. The Kier molecular flexibility index (Phi) is 5.06. The van der Waals surface area contributed by atoms with E-state index in [0.717, 1.165) is 13.2 Å². The minimum Gasteiger partial charge on any atom is -0.417 e. The second-order valence-corrected chi connectivity index (χ2v) is 7.58. The Labute approximate surface area is 115 Å². The number of nitro groups is 1. The lowest BCUT2D eigenvalue weighted by Crippen LogP contribution is -2.09. The van der Waals surface area contributed by atoms with Gasteiger partial charge in [-0.1, -0.05) is 0 Å². The van der Waals surface area contributed by atoms with Gasteiger partial charge in [-0.15, -0.1) is 0 Å². The van der Waals surface area contributed by atoms with Crippen LogP contribution in [0.5, 0.6) is 5.75 Å². The Morgan fingerprint density at radius 3 is 2.40 bits per heavy atom. The molecule has 1 aromatic carbocycles. The van der Waals surface area contributed by atoms with E-state index in [1.54, 1.807) is 0 Å². The maximum atomic E-state index is 12.7. The SMILES string of the molecule is COP(=O)(Oc1ccc([N+](=O)[O-])c(C(F)(F)F)c1)SC. The van der Waals surface area contributed by atoms with Crippen molar-refractivity contribution in [2.75, 3.05) is 13.4 Å². The van der Waals surface area contributed by atoms with E-state index in [-0.39, 0.29) is 0 Å². The lowest BCUT2D eigenvalue weighted by Gasteiger charge is -2.15. The van der Waals surface area contributed by atoms with Gasteiger partial charge in [-0.2, -0.15) is 13.2 Å². The molecular weight excluding hydrogens is 322 g/mol. The van der Waals surface area contributed by atoms with Gasteiger partial charge in [0.25, 0.3) is 5.69 Å². The number of hydrogen-bond donors (Lipinski definition) is 0. The number of alkyl halides is 3. The first-order chi connectivity index (χ1) is 9.13. The summed E-state index contributed by atoms with van der Waals surface area (Å²) >= 11 is 0.687. The van der Waals surface area contributed by atoms with E-state index < -0.39 is 34.9 Å². The molecule has 0 saturated carbocycles. The van der Waals surface area contributed by atoms with Crippen LogP contribution in [0.2, 0.25) is 0 Å². The van der Waals surface area contributed by atoms with Crippen molar-refractivity contribution in [2.24, 2.45) is 0 Å². The fourth-order valence-electron chi connectivity index (χ4n) is 1.24. The van der Waals surface area contributed by atoms with Crippen molar-refractivity contribution < 1.29 is 31.7 Å². The quantitative estimate of drug-likeness (QED) is 0.459. The Balaban J connectivity index is 3.27. The summed E-state index contributed by atoms with van der Waals surface area (Å²) < 4.78 is 59.4. The number of nitro benzene ring substituents is 1. The largest absolute Gasteiger partial charge is 0.439 e. The summed E-state index contributed by atoms with van der Waals surface area (Å²) in [6.45, 7) is -3.63. The van der Waals surface area contributed by atoms with Crippen LogP contribution in [-0.4, -0.2) is 18.3 Å². The van der Waals surface area contributed by atoms with Gasteiger partial charge in [-0.05, 0) is 29.8 Å². The van der Waals surface area contributed by atoms with Gasteiger partial charge >= 0.3 is 13.0 Å². The zero-order chi connectivity index (χ0) is 15.6. The van der Waals surface area contributed by atoms with E-state index >= 15 is 0 Å². The third-order valence-corrected chi connectivity index (χ3v) is 5.48. The van der Waals surface area contributed by atoms with E-state index in [4.69, 9.17) is 4.52 Å². The molecule has 0 amide bonds. The van der Waals surface area contributed by atoms with Crippen LogP contribution >= 0.6 is 18.2 Å². The van der Waals surface area contributed by atoms with Gasteiger partial charge in [-0.3, -0.25) is 14.6 Å². The molecule has 0 saturated heterocycles. The van der Waals surface area contributed by atoms with Crippen molar-refractivity contribution in [1.82, 2.24) is 0 Å². The van der Waals surface area contributed by atoms with Crippen molar-refractivity contribution in [1.29, 1.82) is 0 Å². The predicted octanol–water partition coefficient (Wildman–Crippen LogP) is 4.11. The molecule has 0 aromatic heterocycles. The van der Waals surface area contributed by atoms with E-state index in [9.17, 15) is 27.9 Å². The third-order valence-electron chi connectivity index (χ3n) is 2.13. The highest BCUT2D eigenvalue weighted by atomic mass is 32.7. The highest BCUT2D eigenvalue weighted by Gasteiger charge is 2.39. The van der Waals surface area contributed by atoms with Crippen LogP contribution in [0.4, 0.5) is 18.9 Å². The zero-order valence-corrected chi connectivity index (χ0v) is 11.9. The minimum absolute atomic E-state index is 0.417. The lowest BCUT2D eigenvalue weighted by molar-refractivity contribution is -0.388. The molecule has 0 fully saturated rings. The average Bonchev–Trinajstić information content (AvgIpc) is 2.37. The molecule has 0 aliphatic carbocycles. The van der Waals surface area contributed by atoms with E-state index in [0.29, 0.717) is 23.5 Å². The van der Waals surface area contributed by atoms with Crippen LogP contribution in [0.1, 0.15) is 5.56 Å². The molecule has 0 aliphatic heterocycles. The lowest BCUT2D eigenvalue weighted by atomic mass is 10.1. The molecule has 0 spiro atoms. The predicted molar refractivity (Wildman–Crippen MR) is 66.9 cm³/mol. The molecule has 0 heterocycles. The number of nitrogens with zero attached hydrogens (tertiary/aromatic N) is 1. The highest BCUT2D eigenvalue weighted by Crippen LogP contribution is 2.58. The third kappa shape index (κ3) is 3.87. The first-order valence-corrected chi connectivity index (χ1v) is 8.27. The van der Waals surface area contributed by atoms with Crippen molar-refractivity contribution in [3.63, 3.8) is 0 Å². The molecule has 0 aliphatic rings. The van der Waals surface area contributed by atoms with Crippen LogP contribution in [0.15, 0.2) is 18.2 Å². The van der Waals surface area contributed by atoms with E-state index in [2.05, 4.69) is 4.52 Å². The maximum Gasteiger partial charge on any atom is 0.439 e. The summed E-state index contributed by atoms with van der Waals surface area (Å²) in [4.78, 5) is 9.40. The summed E-state index contributed by atoms with van der Waals surface area (Å²) in [5, 5.41) is 10.6. The second-order valence-electron chi connectivity index (χ2n) is 3.34. The van der Waals surface area contributed by atoms with Crippen LogP contribution in [0.25, 0.3) is 0 Å². The highest BCUT2D eigenvalue weighted by molar-refractivity contribution is 8.54. The molecule has 6 nitrogen and oxygen atoms in total. The van der Waals surface area contributed by atoms with Gasteiger partial charge in [0.15, 0.2) is 0 Å². The van der Waals surface area contributed by atoms with Crippen molar-refractivity contribution >= 4 is 23.9 Å². The van der Waals surface area contributed by atoms with E-state index in [1.807, 2.05) is 0 Å².